The van der Waals surface area contributed by atoms with Crippen molar-refractivity contribution in [3.63, 3.8) is 0 Å². The topological polar surface area (TPSA) is 116 Å². The molecule has 31 heavy (non-hydrogen) atoms. The maximum absolute atomic E-state index is 13.6. The average molecular weight is 446 g/mol. The fourth-order valence-corrected chi connectivity index (χ4v) is 5.64. The van der Waals surface area contributed by atoms with Gasteiger partial charge in [-0.25, -0.2) is 8.42 Å². The minimum atomic E-state index is -4.04. The molecule has 166 valence electrons. The lowest BCUT2D eigenvalue weighted by molar-refractivity contribution is -0.137. The zero-order chi connectivity index (χ0) is 23.1. The zero-order valence-corrected chi connectivity index (χ0v) is 19.1. The Bertz CT molecular complexity index is 1140. The molecule has 0 spiro atoms. The molecule has 1 aliphatic rings. The minimum absolute atomic E-state index is 0.0296. The van der Waals surface area contributed by atoms with Crippen LogP contribution >= 0.6 is 0 Å². The Labute approximate surface area is 182 Å². The summed E-state index contributed by atoms with van der Waals surface area (Å²) in [6.07, 6.45) is -1.05. The highest BCUT2D eigenvalue weighted by Gasteiger charge is 2.35. The molecule has 0 fully saturated rings. The van der Waals surface area contributed by atoms with Gasteiger partial charge in [-0.05, 0) is 81.0 Å². The van der Waals surface area contributed by atoms with Gasteiger partial charge < -0.3 is 10.4 Å². The van der Waals surface area contributed by atoms with Crippen molar-refractivity contribution in [2.24, 2.45) is 0 Å². The van der Waals surface area contributed by atoms with Crippen LogP contribution in [0.1, 0.15) is 51.0 Å². The monoisotopic (exact) mass is 445 g/mol. The Morgan fingerprint density at radius 2 is 1.58 bits per heavy atom. The smallest absolute Gasteiger partial charge is 0.303 e. The number of rotatable bonds is 6. The number of hydrogen-bond acceptors (Lipinski definition) is 5. The number of nitrogens with zero attached hydrogens (tertiary/aromatic N) is 1. The number of aliphatic carboxylic acids is 1. The summed E-state index contributed by atoms with van der Waals surface area (Å²) in [5, 5.41) is 13.1. The molecule has 1 unspecified atom stereocenters. The number of carboxylic acid groups (broad SMARTS) is 1. The first-order valence-corrected chi connectivity index (χ1v) is 11.4. The second kappa shape index (κ2) is 8.32. The largest absolute Gasteiger partial charge is 0.481 e. The van der Waals surface area contributed by atoms with Gasteiger partial charge in [0.25, 0.3) is 15.9 Å². The maximum Gasteiger partial charge on any atom is 0.303 e. The number of carbonyl (C=O) groups is 2. The first-order valence-electron chi connectivity index (χ1n) is 9.96. The van der Waals surface area contributed by atoms with Crippen LogP contribution in [0.3, 0.4) is 0 Å². The van der Waals surface area contributed by atoms with Crippen LogP contribution in [0.4, 0.5) is 5.69 Å². The first-order chi connectivity index (χ1) is 14.5. The molecule has 0 saturated carbocycles. The molecular formula is C22H27N3O5S. The van der Waals surface area contributed by atoms with Crippen molar-refractivity contribution in [1.29, 1.82) is 0 Å². The zero-order valence-electron chi connectivity index (χ0n) is 18.2. The lowest BCUT2D eigenvalue weighted by Crippen LogP contribution is -2.59. The third-order valence-electron chi connectivity index (χ3n) is 6.07. The van der Waals surface area contributed by atoms with Gasteiger partial charge in [-0.2, -0.15) is 0 Å². The first kappa shape index (κ1) is 22.8. The van der Waals surface area contributed by atoms with E-state index in [1.807, 2.05) is 20.8 Å². The predicted octanol–water partition coefficient (Wildman–Crippen LogP) is 2.86. The van der Waals surface area contributed by atoms with Crippen molar-refractivity contribution in [1.82, 2.24) is 10.1 Å². The van der Waals surface area contributed by atoms with E-state index in [1.165, 1.54) is 5.01 Å². The molecule has 1 atom stereocenters. The molecule has 2 aromatic rings. The van der Waals surface area contributed by atoms with E-state index in [0.29, 0.717) is 22.4 Å². The molecule has 1 amide bonds. The number of benzene rings is 2. The van der Waals surface area contributed by atoms with Gasteiger partial charge in [0.05, 0.1) is 16.1 Å². The van der Waals surface area contributed by atoms with Gasteiger partial charge >= 0.3 is 5.97 Å². The summed E-state index contributed by atoms with van der Waals surface area (Å²) in [5.41, 5.74) is 4.84. The van der Waals surface area contributed by atoms with Crippen molar-refractivity contribution < 1.29 is 23.1 Å². The number of sulfonamides is 1. The van der Waals surface area contributed by atoms with E-state index in [1.54, 1.807) is 38.1 Å². The van der Waals surface area contributed by atoms with Gasteiger partial charge in [0.15, 0.2) is 0 Å². The summed E-state index contributed by atoms with van der Waals surface area (Å²) >= 11 is 0. The van der Waals surface area contributed by atoms with Crippen molar-refractivity contribution in [3.8, 4) is 0 Å². The Kier molecular flexibility index (Phi) is 6.11. The molecule has 1 aliphatic heterocycles. The lowest BCUT2D eigenvalue weighted by Gasteiger charge is -2.38. The van der Waals surface area contributed by atoms with E-state index in [2.05, 4.69) is 10.1 Å². The molecule has 8 nitrogen and oxygen atoms in total. The standard InChI is InChI=1S/C22H27N3O5S/c1-12-13(2)15(4)21(16(5)14(12)3)31(29,30)24-25-18-9-7-6-8-17(18)22(28)23-19(25)10-11-20(26)27/h6-9,19,24H,10-11H2,1-5H3,(H,23,28)(H,26,27). The molecule has 0 aliphatic carbocycles. The Morgan fingerprint density at radius 1 is 1.03 bits per heavy atom. The van der Waals surface area contributed by atoms with E-state index in [4.69, 9.17) is 5.11 Å². The summed E-state index contributed by atoms with van der Waals surface area (Å²) in [4.78, 5) is 26.4. The molecule has 9 heteroatoms. The molecule has 0 saturated heterocycles. The number of amides is 1. The van der Waals surface area contributed by atoms with Crippen molar-refractivity contribution in [3.05, 3.63) is 57.6 Å². The summed E-state index contributed by atoms with van der Waals surface area (Å²) in [5.74, 6) is -1.41. The predicted molar refractivity (Wildman–Crippen MR) is 117 cm³/mol. The van der Waals surface area contributed by atoms with Gasteiger partial charge in [-0.15, -0.1) is 4.83 Å². The van der Waals surface area contributed by atoms with Gasteiger partial charge in [-0.1, -0.05) is 12.1 Å². The van der Waals surface area contributed by atoms with E-state index < -0.39 is 22.2 Å². The van der Waals surface area contributed by atoms with E-state index in [9.17, 15) is 18.0 Å². The van der Waals surface area contributed by atoms with Crippen LogP contribution in [0.15, 0.2) is 29.2 Å². The quantitative estimate of drug-likeness (QED) is 0.630. The highest BCUT2D eigenvalue weighted by atomic mass is 32.2. The van der Waals surface area contributed by atoms with Gasteiger partial charge in [-0.3, -0.25) is 14.6 Å². The maximum atomic E-state index is 13.6. The lowest BCUT2D eigenvalue weighted by atomic mass is 9.95. The normalized spacial score (nSPS) is 16.1. The third-order valence-corrected chi connectivity index (χ3v) is 7.65. The van der Waals surface area contributed by atoms with E-state index in [0.717, 1.165) is 16.7 Å². The van der Waals surface area contributed by atoms with Crippen LogP contribution in [0.25, 0.3) is 0 Å². The number of anilines is 1. The number of carboxylic acids is 1. The number of hydrogen-bond donors (Lipinski definition) is 3. The summed E-state index contributed by atoms with van der Waals surface area (Å²) in [6.45, 7) is 9.30. The fraction of sp³-hybridized carbons (Fsp3) is 0.364. The molecule has 0 aromatic heterocycles. The minimum Gasteiger partial charge on any atom is -0.481 e. The molecule has 1 heterocycles. The van der Waals surface area contributed by atoms with Crippen LogP contribution < -0.4 is 15.2 Å². The van der Waals surface area contributed by atoms with E-state index in [-0.39, 0.29) is 23.6 Å². The number of carbonyl (C=O) groups excluding carboxylic acids is 1. The highest BCUT2D eigenvalue weighted by Crippen LogP contribution is 2.32. The van der Waals surface area contributed by atoms with Crippen molar-refractivity contribution in [2.45, 2.75) is 58.5 Å². The fourth-order valence-electron chi connectivity index (χ4n) is 3.96. The second-order valence-electron chi connectivity index (χ2n) is 7.86. The van der Waals surface area contributed by atoms with Crippen LogP contribution in [0.5, 0.6) is 0 Å². The van der Waals surface area contributed by atoms with Gasteiger partial charge in [0.1, 0.15) is 6.17 Å². The number of hydrazine groups is 1. The van der Waals surface area contributed by atoms with Crippen molar-refractivity contribution in [2.75, 3.05) is 5.01 Å². The number of nitrogens with one attached hydrogen (secondary N) is 2. The van der Waals surface area contributed by atoms with Crippen LogP contribution in [0.2, 0.25) is 0 Å². The Balaban J connectivity index is 2.10. The van der Waals surface area contributed by atoms with Crippen LogP contribution in [-0.4, -0.2) is 31.6 Å². The van der Waals surface area contributed by atoms with Crippen LogP contribution in [0, 0.1) is 34.6 Å². The second-order valence-corrected chi connectivity index (χ2v) is 9.46. The molecular weight excluding hydrogens is 418 g/mol. The van der Waals surface area contributed by atoms with Crippen molar-refractivity contribution >= 4 is 27.6 Å². The Morgan fingerprint density at radius 3 is 2.16 bits per heavy atom. The molecule has 0 radical (unpaired) electrons. The van der Waals surface area contributed by atoms with Crippen LogP contribution in [-0.2, 0) is 14.8 Å². The number of fused-ring (bicyclic) bond motifs is 1. The Hall–Kier alpha value is -2.91. The van der Waals surface area contributed by atoms with Gasteiger partial charge in [0, 0.05) is 6.42 Å². The summed E-state index contributed by atoms with van der Waals surface area (Å²) in [7, 11) is -4.04. The van der Waals surface area contributed by atoms with Gasteiger partial charge in [0.2, 0.25) is 0 Å². The summed E-state index contributed by atoms with van der Waals surface area (Å²) < 4.78 is 27.1. The molecule has 2 aromatic carbocycles. The number of para-hydroxylation sites is 1. The molecule has 0 bridgehead atoms. The third kappa shape index (κ3) is 4.15. The SMILES string of the molecule is Cc1c(C)c(C)c(S(=O)(=O)NN2c3ccccc3C(=O)NC2CCC(=O)O)c(C)c1C. The highest BCUT2D eigenvalue weighted by molar-refractivity contribution is 7.89. The molecule has 3 rings (SSSR count). The van der Waals surface area contributed by atoms with E-state index >= 15 is 0 Å². The summed E-state index contributed by atoms with van der Waals surface area (Å²) in [6, 6.07) is 6.61. The average Bonchev–Trinajstić information content (AvgIpc) is 2.71. The molecule has 3 N–H and O–H groups in total.